The van der Waals surface area contributed by atoms with Gasteiger partial charge in [-0.1, -0.05) is 13.8 Å². The van der Waals surface area contributed by atoms with Crippen LogP contribution in [0.2, 0.25) is 0 Å². The third-order valence-electron chi connectivity index (χ3n) is 3.34. The molecule has 9 nitrogen and oxygen atoms in total. The third kappa shape index (κ3) is 3.33. The highest BCUT2D eigenvalue weighted by molar-refractivity contribution is 5.97. The van der Waals surface area contributed by atoms with Gasteiger partial charge in [-0.15, -0.1) is 0 Å². The number of nitrogens with zero attached hydrogens (tertiary/aromatic N) is 3. The first-order chi connectivity index (χ1) is 10.8. The number of carboxylic acid groups (broad SMARTS) is 1. The number of aromatic nitrogens is 3. The molecular weight excluding hydrogens is 304 g/mol. The largest absolute Gasteiger partial charge is 0.494 e. The van der Waals surface area contributed by atoms with Crippen molar-refractivity contribution in [3.05, 3.63) is 28.2 Å². The molecule has 0 atom stereocenters. The van der Waals surface area contributed by atoms with Crippen LogP contribution in [0.25, 0.3) is 5.65 Å². The number of aliphatic carboxylic acids is 1. The smallest absolute Gasteiger partial charge is 0.322 e. The van der Waals surface area contributed by atoms with Crippen LogP contribution in [-0.4, -0.2) is 42.8 Å². The van der Waals surface area contributed by atoms with Crippen molar-refractivity contribution in [3.63, 3.8) is 0 Å². The number of carbonyl (C=O) groups excluding carboxylic acids is 1. The first-order valence-electron chi connectivity index (χ1n) is 7.12. The van der Waals surface area contributed by atoms with E-state index >= 15 is 0 Å². The van der Waals surface area contributed by atoms with Gasteiger partial charge in [0, 0.05) is 12.6 Å². The van der Waals surface area contributed by atoms with E-state index in [9.17, 15) is 19.5 Å². The highest BCUT2D eigenvalue weighted by Crippen LogP contribution is 2.19. The molecular formula is C14H18N4O5. The molecule has 0 aromatic carbocycles. The molecule has 0 aliphatic rings. The van der Waals surface area contributed by atoms with E-state index in [1.807, 2.05) is 13.8 Å². The minimum atomic E-state index is -1.25. The molecule has 0 fully saturated rings. The summed E-state index contributed by atoms with van der Waals surface area (Å²) in [6.07, 6.45) is 2.11. The van der Waals surface area contributed by atoms with Gasteiger partial charge in [0.1, 0.15) is 12.2 Å². The summed E-state index contributed by atoms with van der Waals surface area (Å²) in [5.41, 5.74) is -0.958. The van der Waals surface area contributed by atoms with Gasteiger partial charge >= 0.3 is 5.97 Å². The number of nitrogens with one attached hydrogen (secondary N) is 1. The summed E-state index contributed by atoms with van der Waals surface area (Å²) in [4.78, 5) is 34.9. The average molecular weight is 322 g/mol. The summed E-state index contributed by atoms with van der Waals surface area (Å²) in [5, 5.41) is 24.9. The second kappa shape index (κ2) is 6.51. The van der Waals surface area contributed by atoms with Crippen molar-refractivity contribution >= 4 is 17.5 Å². The van der Waals surface area contributed by atoms with Crippen molar-refractivity contribution in [2.45, 2.75) is 26.8 Å². The highest BCUT2D eigenvalue weighted by atomic mass is 16.4. The van der Waals surface area contributed by atoms with E-state index in [4.69, 9.17) is 5.11 Å². The van der Waals surface area contributed by atoms with Crippen LogP contribution in [0, 0.1) is 5.92 Å². The molecule has 2 aromatic heterocycles. The molecule has 0 bridgehead atoms. The maximum absolute atomic E-state index is 12.3. The molecule has 0 aliphatic carbocycles. The van der Waals surface area contributed by atoms with E-state index in [1.165, 1.54) is 10.8 Å². The summed E-state index contributed by atoms with van der Waals surface area (Å²) in [7, 11) is 0. The molecule has 2 aromatic rings. The summed E-state index contributed by atoms with van der Waals surface area (Å²) in [6, 6.07) is 1.56. The van der Waals surface area contributed by atoms with Gasteiger partial charge in [-0.25, -0.2) is 0 Å². The SMILES string of the molecule is CC(C)CCn1c(O)c(C(=O)NCC(=O)O)c(=O)n2nccc12. The Balaban J connectivity index is 2.53. The van der Waals surface area contributed by atoms with E-state index < -0.39 is 35.4 Å². The number of rotatable bonds is 6. The van der Waals surface area contributed by atoms with Gasteiger partial charge in [-0.3, -0.25) is 19.0 Å². The topological polar surface area (TPSA) is 126 Å². The Morgan fingerprint density at radius 3 is 2.70 bits per heavy atom. The molecule has 3 N–H and O–H groups in total. The molecule has 1 amide bonds. The molecule has 0 unspecified atom stereocenters. The number of aryl methyl sites for hydroxylation is 1. The quantitative estimate of drug-likeness (QED) is 0.690. The second-order valence-electron chi connectivity index (χ2n) is 5.52. The van der Waals surface area contributed by atoms with Crippen LogP contribution in [0.4, 0.5) is 0 Å². The van der Waals surface area contributed by atoms with E-state index in [0.29, 0.717) is 24.5 Å². The van der Waals surface area contributed by atoms with Crippen molar-refractivity contribution in [2.24, 2.45) is 5.92 Å². The molecule has 2 rings (SSSR count). The number of carbonyl (C=O) groups is 2. The lowest BCUT2D eigenvalue weighted by Crippen LogP contribution is -2.36. The summed E-state index contributed by atoms with van der Waals surface area (Å²) >= 11 is 0. The molecule has 2 heterocycles. The first-order valence-corrected chi connectivity index (χ1v) is 7.12. The predicted molar refractivity (Wildman–Crippen MR) is 80.5 cm³/mol. The molecule has 9 heteroatoms. The number of fused-ring (bicyclic) bond motifs is 1. The fourth-order valence-electron chi connectivity index (χ4n) is 2.15. The van der Waals surface area contributed by atoms with Gasteiger partial charge in [-0.05, 0) is 12.3 Å². The van der Waals surface area contributed by atoms with Gasteiger partial charge in [-0.2, -0.15) is 9.61 Å². The minimum Gasteiger partial charge on any atom is -0.494 e. The number of hydrogen-bond donors (Lipinski definition) is 3. The molecule has 23 heavy (non-hydrogen) atoms. The standard InChI is InChI=1S/C14H18N4O5/c1-8(2)4-6-17-9-3-5-16-18(9)14(23)11(13(17)22)12(21)15-7-10(19)20/h3,5,8,22H,4,6-7H2,1-2H3,(H,15,21)(H,19,20). The maximum Gasteiger partial charge on any atom is 0.322 e. The number of hydrogen-bond acceptors (Lipinski definition) is 5. The normalized spacial score (nSPS) is 11.1. The zero-order chi connectivity index (χ0) is 17.1. The lowest BCUT2D eigenvalue weighted by molar-refractivity contribution is -0.135. The van der Waals surface area contributed by atoms with Crippen molar-refractivity contribution in [1.29, 1.82) is 0 Å². The zero-order valence-corrected chi connectivity index (χ0v) is 12.8. The lowest BCUT2D eigenvalue weighted by Gasteiger charge is -2.15. The van der Waals surface area contributed by atoms with Gasteiger partial charge in [0.05, 0.1) is 6.20 Å². The first kappa shape index (κ1) is 16.5. The lowest BCUT2D eigenvalue weighted by atomic mass is 10.1. The molecule has 0 spiro atoms. The third-order valence-corrected chi connectivity index (χ3v) is 3.34. The van der Waals surface area contributed by atoms with Crippen LogP contribution in [0.1, 0.15) is 30.6 Å². The monoisotopic (exact) mass is 322 g/mol. The average Bonchev–Trinajstić information content (AvgIpc) is 2.94. The zero-order valence-electron chi connectivity index (χ0n) is 12.8. The summed E-state index contributed by atoms with van der Waals surface area (Å²) < 4.78 is 2.43. The molecule has 0 saturated carbocycles. The van der Waals surface area contributed by atoms with Crippen LogP contribution in [0.15, 0.2) is 17.1 Å². The van der Waals surface area contributed by atoms with Crippen molar-refractivity contribution < 1.29 is 19.8 Å². The van der Waals surface area contributed by atoms with Gasteiger partial charge in [0.2, 0.25) is 5.88 Å². The van der Waals surface area contributed by atoms with Crippen molar-refractivity contribution in [3.8, 4) is 5.88 Å². The fraction of sp³-hybridized carbons (Fsp3) is 0.429. The number of amides is 1. The van der Waals surface area contributed by atoms with E-state index in [-0.39, 0.29) is 0 Å². The molecule has 124 valence electrons. The summed E-state index contributed by atoms with van der Waals surface area (Å²) in [6.45, 7) is 3.75. The summed E-state index contributed by atoms with van der Waals surface area (Å²) in [5.74, 6) is -2.35. The van der Waals surface area contributed by atoms with Crippen molar-refractivity contribution in [2.75, 3.05) is 6.54 Å². The molecule has 0 aliphatic heterocycles. The Morgan fingerprint density at radius 2 is 2.09 bits per heavy atom. The highest BCUT2D eigenvalue weighted by Gasteiger charge is 2.23. The van der Waals surface area contributed by atoms with Gasteiger partial charge < -0.3 is 15.5 Å². The van der Waals surface area contributed by atoms with Gasteiger partial charge in [0.25, 0.3) is 11.5 Å². The van der Waals surface area contributed by atoms with Crippen LogP contribution >= 0.6 is 0 Å². The second-order valence-corrected chi connectivity index (χ2v) is 5.52. The Bertz CT molecular complexity index is 805. The Hall–Kier alpha value is -2.84. The van der Waals surface area contributed by atoms with Gasteiger partial charge in [0.15, 0.2) is 5.56 Å². The maximum atomic E-state index is 12.3. The number of carboxylic acids is 1. The molecule has 0 saturated heterocycles. The molecule has 0 radical (unpaired) electrons. The van der Waals surface area contributed by atoms with Crippen LogP contribution < -0.4 is 10.9 Å². The number of aromatic hydroxyl groups is 1. The Labute approximate surface area is 131 Å². The predicted octanol–water partition coefficient (Wildman–Crippen LogP) is 0.0621. The fourth-order valence-corrected chi connectivity index (χ4v) is 2.15. The van der Waals surface area contributed by atoms with E-state index in [2.05, 4.69) is 10.4 Å². The minimum absolute atomic E-state index is 0.348. The van der Waals surface area contributed by atoms with Crippen LogP contribution in [-0.2, 0) is 11.3 Å². The van der Waals surface area contributed by atoms with Crippen LogP contribution in [0.5, 0.6) is 5.88 Å². The van der Waals surface area contributed by atoms with Crippen molar-refractivity contribution in [1.82, 2.24) is 19.5 Å². The van der Waals surface area contributed by atoms with E-state index in [1.54, 1.807) is 6.07 Å². The van der Waals surface area contributed by atoms with Crippen LogP contribution in [0.3, 0.4) is 0 Å². The van der Waals surface area contributed by atoms with E-state index in [0.717, 1.165) is 4.52 Å². The Morgan fingerprint density at radius 1 is 1.39 bits per heavy atom. The Kier molecular flexibility index (Phi) is 4.68.